The lowest BCUT2D eigenvalue weighted by molar-refractivity contribution is -0.870. The van der Waals surface area contributed by atoms with E-state index in [4.69, 9.17) is 15.2 Å². The number of quaternary nitrogens is 2. The zero-order valence-electron chi connectivity index (χ0n) is 13.5. The molecule has 0 aliphatic heterocycles. The minimum absolute atomic E-state index is 0.224. The van der Waals surface area contributed by atoms with Crippen molar-refractivity contribution in [1.29, 1.82) is 0 Å². The molecule has 0 heterocycles. The largest absolute Gasteiger partial charge is 0.458 e. The van der Waals surface area contributed by atoms with Gasteiger partial charge in [-0.2, -0.15) is 0 Å². The van der Waals surface area contributed by atoms with Crippen molar-refractivity contribution >= 4 is 11.9 Å². The van der Waals surface area contributed by atoms with Crippen LogP contribution in [0.25, 0.3) is 0 Å². The molecule has 7 heteroatoms. The van der Waals surface area contributed by atoms with Gasteiger partial charge in [-0.1, -0.05) is 0 Å². The van der Waals surface area contributed by atoms with Crippen molar-refractivity contribution in [1.82, 2.24) is 0 Å². The fraction of sp³-hybridized carbons (Fsp3) is 0.846. The van der Waals surface area contributed by atoms with Gasteiger partial charge in [0.1, 0.15) is 26.3 Å². The Labute approximate surface area is 121 Å². The highest BCUT2D eigenvalue weighted by molar-refractivity contribution is 5.98. The average Bonchev–Trinajstić information content (AvgIpc) is 2.24. The summed E-state index contributed by atoms with van der Waals surface area (Å²) in [4.78, 5) is 23.1. The average molecular weight is 291 g/mol. The molecule has 0 bridgehead atoms. The normalized spacial score (nSPS) is 12.4. The van der Waals surface area contributed by atoms with Crippen LogP contribution in [0.4, 0.5) is 0 Å². The van der Waals surface area contributed by atoms with E-state index in [0.29, 0.717) is 22.1 Å². The lowest BCUT2D eigenvalue weighted by Crippen LogP contribution is -2.45. The summed E-state index contributed by atoms with van der Waals surface area (Å²) in [5, 5.41) is 0. The van der Waals surface area contributed by atoms with Crippen molar-refractivity contribution in [2.75, 3.05) is 68.6 Å². The molecule has 0 radical (unpaired) electrons. The molecular formula is C13H29N3O4+2. The van der Waals surface area contributed by atoms with Gasteiger partial charge in [0.25, 0.3) is 0 Å². The van der Waals surface area contributed by atoms with Crippen molar-refractivity contribution in [2.24, 2.45) is 5.73 Å². The summed E-state index contributed by atoms with van der Waals surface area (Å²) >= 11 is 0. The zero-order valence-corrected chi connectivity index (χ0v) is 13.5. The van der Waals surface area contributed by atoms with Crippen LogP contribution in [0.5, 0.6) is 0 Å². The van der Waals surface area contributed by atoms with Crippen LogP contribution in [0.1, 0.15) is 0 Å². The van der Waals surface area contributed by atoms with Gasteiger partial charge in [-0.05, 0) is 0 Å². The Morgan fingerprint density at radius 3 is 1.40 bits per heavy atom. The van der Waals surface area contributed by atoms with Crippen molar-refractivity contribution < 1.29 is 28.0 Å². The second kappa shape index (κ2) is 7.56. The zero-order chi connectivity index (χ0) is 16.0. The first kappa shape index (κ1) is 18.8. The predicted molar refractivity (Wildman–Crippen MR) is 75.7 cm³/mol. The van der Waals surface area contributed by atoms with Crippen molar-refractivity contribution in [3.05, 3.63) is 0 Å². The monoisotopic (exact) mass is 291 g/mol. The number of carbonyl (C=O) groups is 2. The molecule has 7 nitrogen and oxygen atoms in total. The van der Waals surface area contributed by atoms with Gasteiger partial charge >= 0.3 is 11.9 Å². The van der Waals surface area contributed by atoms with Gasteiger partial charge in [-0.15, -0.1) is 0 Å². The smallest absolute Gasteiger partial charge is 0.334 e. The van der Waals surface area contributed by atoms with E-state index in [-0.39, 0.29) is 13.2 Å². The highest BCUT2D eigenvalue weighted by atomic mass is 16.6. The Balaban J connectivity index is 4.01. The SMILES string of the molecule is C[N+](C)(C)CCOC(=O)C(N)C(=O)OCC[N+](C)(C)C. The molecule has 118 valence electrons. The molecule has 0 aromatic heterocycles. The van der Waals surface area contributed by atoms with Crippen molar-refractivity contribution in [3.8, 4) is 0 Å². The standard InChI is InChI=1S/C13H29N3O4/c1-15(2,3)7-9-19-12(17)11(14)13(18)20-10-8-16(4,5)6/h11H,7-10,14H2,1-6H3/q+2. The molecule has 0 aromatic carbocycles. The minimum Gasteiger partial charge on any atom is -0.458 e. The summed E-state index contributed by atoms with van der Waals surface area (Å²) in [5.74, 6) is -1.48. The quantitative estimate of drug-likeness (QED) is 0.346. The fourth-order valence-electron chi connectivity index (χ4n) is 1.12. The van der Waals surface area contributed by atoms with E-state index in [0.717, 1.165) is 0 Å². The van der Waals surface area contributed by atoms with Crippen molar-refractivity contribution in [2.45, 2.75) is 6.04 Å². The summed E-state index contributed by atoms with van der Waals surface area (Å²) < 4.78 is 11.3. The third-order valence-electron chi connectivity index (χ3n) is 2.52. The lowest BCUT2D eigenvalue weighted by Gasteiger charge is -2.24. The Hall–Kier alpha value is -1.18. The summed E-state index contributed by atoms with van der Waals surface area (Å²) in [5.41, 5.74) is 5.50. The van der Waals surface area contributed by atoms with Crippen LogP contribution in [-0.2, 0) is 19.1 Å². The molecule has 0 aliphatic rings. The number of rotatable bonds is 8. The Bertz CT molecular complexity index is 299. The summed E-state index contributed by atoms with van der Waals surface area (Å²) in [6, 6.07) is -1.37. The molecular weight excluding hydrogens is 262 g/mol. The molecule has 0 aliphatic carbocycles. The Morgan fingerprint density at radius 1 is 0.850 bits per heavy atom. The number of carbonyl (C=O) groups excluding carboxylic acids is 2. The molecule has 0 rings (SSSR count). The number of ether oxygens (including phenoxy) is 2. The van der Waals surface area contributed by atoms with Gasteiger partial charge in [0.2, 0.25) is 6.04 Å². The molecule has 0 atom stereocenters. The third-order valence-corrected chi connectivity index (χ3v) is 2.52. The Kier molecular flexibility index (Phi) is 7.12. The van der Waals surface area contributed by atoms with Crippen molar-refractivity contribution in [3.63, 3.8) is 0 Å². The maximum absolute atomic E-state index is 11.6. The van der Waals surface area contributed by atoms with Crippen LogP contribution in [0.3, 0.4) is 0 Å². The fourth-order valence-corrected chi connectivity index (χ4v) is 1.12. The van der Waals surface area contributed by atoms with E-state index in [1.807, 2.05) is 42.3 Å². The van der Waals surface area contributed by atoms with E-state index in [2.05, 4.69) is 0 Å². The summed E-state index contributed by atoms with van der Waals surface area (Å²) in [6.07, 6.45) is 0. The van der Waals surface area contributed by atoms with Crippen LogP contribution in [0.15, 0.2) is 0 Å². The number of nitrogens with two attached hydrogens (primary N) is 1. The third kappa shape index (κ3) is 9.71. The van der Waals surface area contributed by atoms with E-state index in [1.165, 1.54) is 0 Å². The van der Waals surface area contributed by atoms with Gasteiger partial charge in [-0.25, -0.2) is 9.59 Å². The van der Waals surface area contributed by atoms with E-state index < -0.39 is 18.0 Å². The maximum atomic E-state index is 11.6. The summed E-state index contributed by atoms with van der Waals surface area (Å²) in [7, 11) is 11.9. The van der Waals surface area contributed by atoms with Gasteiger partial charge < -0.3 is 24.2 Å². The van der Waals surface area contributed by atoms with Crippen LogP contribution >= 0.6 is 0 Å². The molecule has 0 amide bonds. The first-order valence-electron chi connectivity index (χ1n) is 6.62. The van der Waals surface area contributed by atoms with E-state index in [1.54, 1.807) is 0 Å². The predicted octanol–water partition coefficient (Wildman–Crippen LogP) is -1.19. The van der Waals surface area contributed by atoms with Gasteiger partial charge in [0.05, 0.1) is 42.3 Å². The number of esters is 2. The molecule has 2 N–H and O–H groups in total. The second-order valence-corrected chi connectivity index (χ2v) is 6.84. The Morgan fingerprint density at radius 2 is 1.15 bits per heavy atom. The van der Waals surface area contributed by atoms with Gasteiger partial charge in [0, 0.05) is 0 Å². The number of hydrogen-bond donors (Lipinski definition) is 1. The van der Waals surface area contributed by atoms with Crippen LogP contribution in [-0.4, -0.2) is 95.5 Å². The van der Waals surface area contributed by atoms with Crippen LogP contribution in [0, 0.1) is 0 Å². The highest BCUT2D eigenvalue weighted by Crippen LogP contribution is 1.96. The van der Waals surface area contributed by atoms with E-state index >= 15 is 0 Å². The number of likely N-dealkylation sites (N-methyl/N-ethyl adjacent to an activating group) is 2. The molecule has 0 saturated heterocycles. The van der Waals surface area contributed by atoms with E-state index in [9.17, 15) is 9.59 Å². The van der Waals surface area contributed by atoms with Crippen LogP contribution < -0.4 is 5.73 Å². The molecule has 0 unspecified atom stereocenters. The minimum atomic E-state index is -1.37. The number of nitrogens with zero attached hydrogens (tertiary/aromatic N) is 2. The summed E-state index contributed by atoms with van der Waals surface area (Å²) in [6.45, 7) is 1.74. The topological polar surface area (TPSA) is 78.6 Å². The molecule has 20 heavy (non-hydrogen) atoms. The van der Waals surface area contributed by atoms with Gasteiger partial charge in [0.15, 0.2) is 0 Å². The first-order chi connectivity index (χ1) is 8.92. The molecule has 0 spiro atoms. The highest BCUT2D eigenvalue weighted by Gasteiger charge is 2.26. The molecule has 0 fully saturated rings. The lowest BCUT2D eigenvalue weighted by atomic mass is 10.3. The maximum Gasteiger partial charge on any atom is 0.334 e. The first-order valence-corrected chi connectivity index (χ1v) is 6.62. The molecule has 0 aromatic rings. The van der Waals surface area contributed by atoms with Crippen LogP contribution in [0.2, 0.25) is 0 Å². The molecule has 0 saturated carbocycles. The number of hydrogen-bond acceptors (Lipinski definition) is 5. The second-order valence-electron chi connectivity index (χ2n) is 6.84. The van der Waals surface area contributed by atoms with Gasteiger partial charge in [-0.3, -0.25) is 0 Å².